The predicted octanol–water partition coefficient (Wildman–Crippen LogP) is 4.08. The van der Waals surface area contributed by atoms with E-state index in [1.165, 1.54) is 6.42 Å². The molecule has 1 aliphatic carbocycles. The Morgan fingerprint density at radius 1 is 1.41 bits per heavy atom. The van der Waals surface area contributed by atoms with Gasteiger partial charge in [-0.15, -0.1) is 6.58 Å². The van der Waals surface area contributed by atoms with Crippen LogP contribution >= 0.6 is 0 Å². The van der Waals surface area contributed by atoms with E-state index in [1.807, 2.05) is 30.3 Å². The first-order valence-electron chi connectivity index (χ1n) is 7.66. The third kappa shape index (κ3) is 2.69. The average Bonchev–Trinajstić information content (AvgIpc) is 2.84. The first kappa shape index (κ1) is 14.6. The van der Waals surface area contributed by atoms with Crippen molar-refractivity contribution in [3.8, 4) is 0 Å². The zero-order valence-corrected chi connectivity index (χ0v) is 12.8. The summed E-state index contributed by atoms with van der Waals surface area (Å²) in [6, 6.07) is 9.56. The van der Waals surface area contributed by atoms with Crippen molar-refractivity contribution in [2.45, 2.75) is 32.1 Å². The molecule has 0 N–H and O–H groups in total. The van der Waals surface area contributed by atoms with E-state index in [2.05, 4.69) is 11.6 Å². The van der Waals surface area contributed by atoms with Crippen molar-refractivity contribution < 1.29 is 9.21 Å². The van der Waals surface area contributed by atoms with E-state index in [0.29, 0.717) is 29.8 Å². The largest absolute Gasteiger partial charge is 0.445 e. The molecule has 0 radical (unpaired) electrons. The summed E-state index contributed by atoms with van der Waals surface area (Å²) in [6.45, 7) is 5.99. The number of aryl methyl sites for hydroxylation is 1. The number of carbonyl (C=O) groups is 1. The molecule has 1 fully saturated rings. The van der Waals surface area contributed by atoms with Crippen LogP contribution in [0.4, 0.5) is 5.69 Å². The Morgan fingerprint density at radius 3 is 2.73 bits per heavy atom. The number of carbonyl (C=O) groups excluding carboxylic acids is 1. The van der Waals surface area contributed by atoms with Gasteiger partial charge in [-0.3, -0.25) is 4.79 Å². The van der Waals surface area contributed by atoms with E-state index in [0.717, 1.165) is 18.5 Å². The number of hydrogen-bond donors (Lipinski definition) is 0. The second-order valence-electron chi connectivity index (χ2n) is 5.62. The molecule has 1 aromatic carbocycles. The van der Waals surface area contributed by atoms with Crippen molar-refractivity contribution in [1.82, 2.24) is 4.98 Å². The number of hydrogen-bond acceptors (Lipinski definition) is 3. The first-order valence-corrected chi connectivity index (χ1v) is 7.66. The molecule has 1 heterocycles. The fraction of sp³-hybridized carbons (Fsp3) is 0.333. The number of rotatable bonds is 5. The van der Waals surface area contributed by atoms with Gasteiger partial charge in [0.25, 0.3) is 5.91 Å². The lowest BCUT2D eigenvalue weighted by atomic mass is 9.85. The standard InChI is InChI=1S/C18H20N2O2/c1-3-12-20(15-10-5-4-6-11-15)18(21)16-13(2)22-17(19-16)14-8-7-9-14/h3-6,10-11,14H,1,7-9,12H2,2H3. The quantitative estimate of drug-likeness (QED) is 0.781. The summed E-state index contributed by atoms with van der Waals surface area (Å²) in [7, 11) is 0. The number of benzene rings is 1. The zero-order valence-electron chi connectivity index (χ0n) is 12.8. The summed E-state index contributed by atoms with van der Waals surface area (Å²) in [5.74, 6) is 1.54. The van der Waals surface area contributed by atoms with Gasteiger partial charge < -0.3 is 9.32 Å². The average molecular weight is 296 g/mol. The molecule has 4 heteroatoms. The molecule has 2 aromatic rings. The van der Waals surface area contributed by atoms with Crippen molar-refractivity contribution in [2.24, 2.45) is 0 Å². The molecule has 4 nitrogen and oxygen atoms in total. The molecule has 22 heavy (non-hydrogen) atoms. The van der Waals surface area contributed by atoms with Crippen LogP contribution in [0.25, 0.3) is 0 Å². The van der Waals surface area contributed by atoms with Gasteiger partial charge in [-0.1, -0.05) is 30.7 Å². The fourth-order valence-electron chi connectivity index (χ4n) is 2.62. The van der Waals surface area contributed by atoms with E-state index in [9.17, 15) is 4.79 Å². The molecule has 1 saturated carbocycles. The molecule has 0 unspecified atom stereocenters. The van der Waals surface area contributed by atoms with Crippen LogP contribution in [0.2, 0.25) is 0 Å². The maximum atomic E-state index is 12.9. The lowest BCUT2D eigenvalue weighted by Crippen LogP contribution is -2.31. The van der Waals surface area contributed by atoms with E-state index in [4.69, 9.17) is 4.42 Å². The van der Waals surface area contributed by atoms with Crippen LogP contribution < -0.4 is 4.90 Å². The van der Waals surface area contributed by atoms with Gasteiger partial charge in [-0.25, -0.2) is 4.98 Å². The van der Waals surface area contributed by atoms with Gasteiger partial charge in [0.05, 0.1) is 0 Å². The highest BCUT2D eigenvalue weighted by molar-refractivity contribution is 6.05. The minimum atomic E-state index is -0.141. The summed E-state index contributed by atoms with van der Waals surface area (Å²) in [5.41, 5.74) is 1.24. The van der Waals surface area contributed by atoms with Crippen LogP contribution in [0, 0.1) is 6.92 Å². The predicted molar refractivity (Wildman–Crippen MR) is 86.1 cm³/mol. The Hall–Kier alpha value is -2.36. The second kappa shape index (κ2) is 6.18. The Kier molecular flexibility index (Phi) is 4.09. The molecule has 0 aliphatic heterocycles. The highest BCUT2D eigenvalue weighted by Crippen LogP contribution is 2.36. The summed E-state index contributed by atoms with van der Waals surface area (Å²) in [5, 5.41) is 0. The molecule has 0 saturated heterocycles. The van der Waals surface area contributed by atoms with Crippen LogP contribution in [0.15, 0.2) is 47.4 Å². The molecule has 1 amide bonds. The normalized spacial score (nSPS) is 14.4. The molecule has 114 valence electrons. The van der Waals surface area contributed by atoms with Crippen LogP contribution in [-0.2, 0) is 0 Å². The zero-order chi connectivity index (χ0) is 15.5. The lowest BCUT2D eigenvalue weighted by molar-refractivity contribution is 0.0984. The molecule has 0 atom stereocenters. The molecule has 3 rings (SSSR count). The number of nitrogens with zero attached hydrogens (tertiary/aromatic N) is 2. The highest BCUT2D eigenvalue weighted by Gasteiger charge is 2.29. The third-order valence-electron chi connectivity index (χ3n) is 4.09. The van der Waals surface area contributed by atoms with Gasteiger partial charge in [0.15, 0.2) is 11.6 Å². The van der Waals surface area contributed by atoms with Crippen LogP contribution in [0.5, 0.6) is 0 Å². The molecular formula is C18H20N2O2. The Morgan fingerprint density at radius 2 is 2.14 bits per heavy atom. The van der Waals surface area contributed by atoms with Crippen molar-refractivity contribution >= 4 is 11.6 Å². The third-order valence-corrected chi connectivity index (χ3v) is 4.09. The number of anilines is 1. The smallest absolute Gasteiger partial charge is 0.280 e. The SMILES string of the molecule is C=CCN(C(=O)c1nc(C2CCC2)oc1C)c1ccccc1. The van der Waals surface area contributed by atoms with Gasteiger partial charge in [0.2, 0.25) is 0 Å². The van der Waals surface area contributed by atoms with Crippen molar-refractivity contribution in [3.05, 3.63) is 60.3 Å². The highest BCUT2D eigenvalue weighted by atomic mass is 16.4. The summed E-state index contributed by atoms with van der Waals surface area (Å²) in [4.78, 5) is 19.0. The molecule has 1 aromatic heterocycles. The van der Waals surface area contributed by atoms with Gasteiger partial charge in [0.1, 0.15) is 5.76 Å². The van der Waals surface area contributed by atoms with Crippen molar-refractivity contribution in [1.29, 1.82) is 0 Å². The molecule has 0 spiro atoms. The van der Waals surface area contributed by atoms with Gasteiger partial charge >= 0.3 is 0 Å². The monoisotopic (exact) mass is 296 g/mol. The Labute approximate surface area is 130 Å². The second-order valence-corrected chi connectivity index (χ2v) is 5.62. The van der Waals surface area contributed by atoms with E-state index in [-0.39, 0.29) is 5.91 Å². The van der Waals surface area contributed by atoms with Crippen molar-refractivity contribution in [2.75, 3.05) is 11.4 Å². The summed E-state index contributed by atoms with van der Waals surface area (Å²) in [6.07, 6.45) is 5.13. The molecule has 0 bridgehead atoms. The van der Waals surface area contributed by atoms with E-state index in [1.54, 1.807) is 17.9 Å². The number of aromatic nitrogens is 1. The number of amides is 1. The number of oxazole rings is 1. The van der Waals surface area contributed by atoms with Crippen LogP contribution in [-0.4, -0.2) is 17.4 Å². The molecular weight excluding hydrogens is 276 g/mol. The minimum Gasteiger partial charge on any atom is -0.445 e. The Balaban J connectivity index is 1.90. The summed E-state index contributed by atoms with van der Waals surface area (Å²) >= 11 is 0. The maximum Gasteiger partial charge on any atom is 0.280 e. The van der Waals surface area contributed by atoms with Gasteiger partial charge in [0, 0.05) is 18.2 Å². The van der Waals surface area contributed by atoms with Crippen LogP contribution in [0.3, 0.4) is 0 Å². The fourth-order valence-corrected chi connectivity index (χ4v) is 2.62. The van der Waals surface area contributed by atoms with E-state index >= 15 is 0 Å². The van der Waals surface area contributed by atoms with Gasteiger partial charge in [-0.05, 0) is 31.9 Å². The topological polar surface area (TPSA) is 46.3 Å². The van der Waals surface area contributed by atoms with Gasteiger partial charge in [-0.2, -0.15) is 0 Å². The maximum absolute atomic E-state index is 12.9. The lowest BCUT2D eigenvalue weighted by Gasteiger charge is -2.21. The number of para-hydroxylation sites is 1. The van der Waals surface area contributed by atoms with E-state index < -0.39 is 0 Å². The summed E-state index contributed by atoms with van der Waals surface area (Å²) < 4.78 is 5.72. The molecule has 1 aliphatic rings. The van der Waals surface area contributed by atoms with Crippen molar-refractivity contribution in [3.63, 3.8) is 0 Å². The minimum absolute atomic E-state index is 0.141. The van der Waals surface area contributed by atoms with Crippen LogP contribution in [0.1, 0.15) is 47.3 Å². The first-order chi connectivity index (χ1) is 10.7. The Bertz CT molecular complexity index is 672.